The summed E-state index contributed by atoms with van der Waals surface area (Å²) in [7, 11) is 1.12. The van der Waals surface area contributed by atoms with Crippen LogP contribution in [0.2, 0.25) is 0 Å². The first kappa shape index (κ1) is 37.7. The number of aliphatic hydroxyl groups excluding tert-OH is 1. The predicted octanol–water partition coefficient (Wildman–Crippen LogP) is -0.0716. The Balaban J connectivity index is -0.0000000327. The van der Waals surface area contributed by atoms with Crippen molar-refractivity contribution in [3.8, 4) is 0 Å². The molecule has 18 heavy (non-hydrogen) atoms. The first-order valence-corrected chi connectivity index (χ1v) is 7.35. The fourth-order valence-electron chi connectivity index (χ4n) is 0.199. The largest absolute Gasteiger partial charge is 0.539 e. The molecule has 4 nitrogen and oxygen atoms in total. The Labute approximate surface area is 198 Å². The van der Waals surface area contributed by atoms with E-state index in [4.69, 9.17) is 5.11 Å². The third kappa shape index (κ3) is 36.7. The zero-order valence-corrected chi connectivity index (χ0v) is 23.8. The number of rotatable bonds is 6. The molecule has 0 aromatic carbocycles. The van der Waals surface area contributed by atoms with E-state index in [1.807, 2.05) is 0 Å². The molecule has 0 spiro atoms. The average Bonchev–Trinajstić information content (AvgIpc) is 2.19. The van der Waals surface area contributed by atoms with Gasteiger partial charge < -0.3 is 19.5 Å². The second kappa shape index (κ2) is 32.5. The molecule has 12 heteroatoms. The van der Waals surface area contributed by atoms with Crippen molar-refractivity contribution in [3.05, 3.63) is 0 Å². The third-order valence-electron chi connectivity index (χ3n) is 0.706. The number of carbonyl (C=O) groups excluding carboxylic acids is 3. The van der Waals surface area contributed by atoms with Crippen LogP contribution in [-0.2, 0) is 146 Å². The molecule has 0 aromatic heterocycles. The quantitative estimate of drug-likeness (QED) is 0.231. The van der Waals surface area contributed by atoms with E-state index in [0.29, 0.717) is 20.9 Å². The van der Waals surface area contributed by atoms with E-state index in [9.17, 15) is 14.4 Å². The Morgan fingerprint density at radius 3 is 1.72 bits per heavy atom. The molecule has 96 valence electrons. The van der Waals surface area contributed by atoms with Gasteiger partial charge in [-0.1, -0.05) is 23.6 Å². The molecule has 0 bridgehead atoms. The van der Waals surface area contributed by atoms with E-state index in [1.165, 1.54) is 12.6 Å². The molecule has 1 atom stereocenters. The zero-order chi connectivity index (χ0) is 11.4. The molecule has 1 unspecified atom stereocenters. The predicted molar refractivity (Wildman–Crippen MR) is 60.7 cm³/mol. The molecule has 0 amide bonds. The van der Waals surface area contributed by atoms with Gasteiger partial charge in [-0.2, -0.15) is 6.29 Å². The van der Waals surface area contributed by atoms with Gasteiger partial charge in [0.05, 0.1) is 0 Å². The SMILES string of the molecule is O=[C-]C(=O)CP=S.O=[C-]C(O)CP=S.[W].[W].[Y].[Y]. The smallest absolute Gasteiger partial charge is 0.0311 e. The summed E-state index contributed by atoms with van der Waals surface area (Å²) in [6.07, 6.45) is 2.07. The van der Waals surface area contributed by atoms with Crippen LogP contribution >= 0.6 is 14.7 Å². The zero-order valence-electron chi connectivity index (χ0n) is 8.85. The van der Waals surface area contributed by atoms with E-state index < -0.39 is 11.9 Å². The number of hydrogen-bond acceptors (Lipinski definition) is 6. The van der Waals surface area contributed by atoms with Crippen molar-refractivity contribution in [1.29, 1.82) is 0 Å². The molecule has 1 N–H and O–H groups in total. The maximum atomic E-state index is 9.91. The monoisotopic (exact) mass is 814 g/mol. The van der Waals surface area contributed by atoms with Gasteiger partial charge in [0, 0.05) is 126 Å². The van der Waals surface area contributed by atoms with Crippen LogP contribution in [0.4, 0.5) is 0 Å². The molecule has 0 aliphatic carbocycles. The van der Waals surface area contributed by atoms with Gasteiger partial charge in [-0.15, -0.1) is 0 Å². The van der Waals surface area contributed by atoms with Crippen LogP contribution in [0.3, 0.4) is 0 Å². The summed E-state index contributed by atoms with van der Waals surface area (Å²) in [4.78, 5) is 28.8. The molecule has 0 fully saturated rings. The Morgan fingerprint density at radius 1 is 1.17 bits per heavy atom. The normalized spacial score (nSPS) is 8.72. The molecule has 0 saturated heterocycles. The van der Waals surface area contributed by atoms with Gasteiger partial charge in [-0.05, 0) is 20.8 Å². The van der Waals surface area contributed by atoms with Gasteiger partial charge in [-0.25, -0.2) is 6.29 Å². The number of ketones is 1. The molecule has 0 aliphatic heterocycles. The van der Waals surface area contributed by atoms with Gasteiger partial charge in [0.1, 0.15) is 0 Å². The summed E-state index contributed by atoms with van der Waals surface area (Å²) in [5, 5.41) is 8.36. The van der Waals surface area contributed by atoms with Crippen LogP contribution in [-0.4, -0.2) is 41.9 Å². The summed E-state index contributed by atoms with van der Waals surface area (Å²) in [5.74, 6) is -0.545. The number of aliphatic hydroxyl groups is 1. The number of hydrogen-bond donors (Lipinski definition) is 1. The van der Waals surface area contributed by atoms with Crippen molar-refractivity contribution in [2.24, 2.45) is 0 Å². The third-order valence-corrected chi connectivity index (χ3v) is 2.45. The molecule has 0 aromatic rings. The van der Waals surface area contributed by atoms with Crippen LogP contribution in [0.25, 0.3) is 0 Å². The second-order valence-electron chi connectivity index (χ2n) is 1.76. The molecule has 2 radical (unpaired) electrons. The van der Waals surface area contributed by atoms with Gasteiger partial charge in [0.2, 0.25) is 0 Å². The van der Waals surface area contributed by atoms with Crippen molar-refractivity contribution < 1.29 is 127 Å². The Morgan fingerprint density at radius 2 is 1.61 bits per heavy atom. The molecular weight excluding hydrogens is 808 g/mol. The van der Waals surface area contributed by atoms with Crippen LogP contribution in [0.5, 0.6) is 0 Å². The number of Topliss-reactive ketones (excluding diaryl/α,β-unsaturated/α-hetero) is 1. The van der Waals surface area contributed by atoms with E-state index in [-0.39, 0.29) is 114 Å². The van der Waals surface area contributed by atoms with Gasteiger partial charge in [0.25, 0.3) is 0 Å². The van der Waals surface area contributed by atoms with E-state index in [2.05, 4.69) is 23.6 Å². The molecule has 0 saturated carbocycles. The Bertz CT molecular complexity index is 240. The van der Waals surface area contributed by atoms with Crippen molar-refractivity contribution in [3.63, 3.8) is 0 Å². The van der Waals surface area contributed by atoms with Crippen LogP contribution in [0.1, 0.15) is 0 Å². The summed E-state index contributed by atoms with van der Waals surface area (Å²) < 4.78 is 0. The average molecular weight is 814 g/mol. The maximum Gasteiger partial charge on any atom is 0.0311 e. The summed E-state index contributed by atoms with van der Waals surface area (Å²) in [5.41, 5.74) is 0. The minimum absolute atomic E-state index is 0. The minimum Gasteiger partial charge on any atom is -0.539 e. The van der Waals surface area contributed by atoms with E-state index in [0.717, 1.165) is 0 Å². The van der Waals surface area contributed by atoms with Gasteiger partial charge in [0.15, 0.2) is 0 Å². The van der Waals surface area contributed by atoms with Gasteiger partial charge >= 0.3 is 0 Å². The van der Waals surface area contributed by atoms with Gasteiger partial charge in [-0.3, -0.25) is 0 Å². The van der Waals surface area contributed by atoms with Crippen LogP contribution in [0.15, 0.2) is 0 Å². The number of carbonyl (C=O) groups is 1. The summed E-state index contributed by atoms with van der Waals surface area (Å²) in [6.45, 7) is 0. The molecule has 0 rings (SSSR count). The Hall–Kier alpha value is 3.59. The standard InChI is InChI=1S/C3H4O2PS.C3H2O2PS.2W.2Y/c2*4-1-3(5)2-6-7;;;;/h3,5H,2H2;2H2;;;;/q2*-1;;;;. The van der Waals surface area contributed by atoms with Crippen molar-refractivity contribution in [2.45, 2.75) is 6.10 Å². The first-order chi connectivity index (χ1) is 6.62. The van der Waals surface area contributed by atoms with Crippen LogP contribution in [0, 0.1) is 0 Å². The molecule has 0 aliphatic rings. The fourth-order valence-corrected chi connectivity index (χ4v) is 1.37. The first-order valence-electron chi connectivity index (χ1n) is 3.17. The van der Waals surface area contributed by atoms with E-state index >= 15 is 0 Å². The van der Waals surface area contributed by atoms with Crippen molar-refractivity contribution >= 4 is 56.7 Å². The summed E-state index contributed by atoms with van der Waals surface area (Å²) in [6, 6.07) is 0. The maximum absolute atomic E-state index is 9.91. The molecule has 0 heterocycles. The van der Waals surface area contributed by atoms with E-state index in [1.54, 1.807) is 0 Å². The fraction of sp³-hybridized carbons (Fsp3) is 0.500. The topological polar surface area (TPSA) is 71.4 Å². The van der Waals surface area contributed by atoms with Crippen molar-refractivity contribution in [2.75, 3.05) is 12.3 Å². The van der Waals surface area contributed by atoms with Crippen LogP contribution < -0.4 is 0 Å². The summed E-state index contributed by atoms with van der Waals surface area (Å²) >= 11 is 8.79. The Kier molecular flexibility index (Phi) is 68.0. The van der Waals surface area contributed by atoms with Crippen molar-refractivity contribution in [1.82, 2.24) is 0 Å². The second-order valence-corrected chi connectivity index (χ2v) is 4.50. The minimum atomic E-state index is -0.973. The molecular formula is C6H6O4P2S2W2Y2-2.